The van der Waals surface area contributed by atoms with E-state index in [1.165, 1.54) is 12.6 Å². The van der Waals surface area contributed by atoms with Crippen molar-refractivity contribution < 1.29 is 9.13 Å². The summed E-state index contributed by atoms with van der Waals surface area (Å²) in [4.78, 5) is 25.7. The van der Waals surface area contributed by atoms with Gasteiger partial charge in [-0.15, -0.1) is 0 Å². The molecule has 206 valence electrons. The number of hydrogen-bond donors (Lipinski definition) is 0. The molecule has 0 unspecified atom stereocenters. The molecule has 4 aromatic rings. The fraction of sp³-hybridized carbons (Fsp3) is 0.419. The van der Waals surface area contributed by atoms with Crippen LogP contribution in [-0.4, -0.2) is 63.7 Å². The van der Waals surface area contributed by atoms with Crippen LogP contribution in [0.25, 0.3) is 10.9 Å². The van der Waals surface area contributed by atoms with E-state index in [0.29, 0.717) is 37.3 Å². The van der Waals surface area contributed by atoms with Crippen molar-refractivity contribution in [3.05, 3.63) is 77.1 Å². The highest BCUT2D eigenvalue weighted by molar-refractivity contribution is 5.90. The van der Waals surface area contributed by atoms with Gasteiger partial charge in [-0.05, 0) is 63.9 Å². The average molecular weight is 540 g/mol. The highest BCUT2D eigenvalue weighted by Gasteiger charge is 2.32. The zero-order chi connectivity index (χ0) is 27.2. The van der Waals surface area contributed by atoms with Gasteiger partial charge in [0.1, 0.15) is 18.2 Å². The molecule has 40 heavy (non-hydrogen) atoms. The maximum Gasteiger partial charge on any atom is 0.318 e. The summed E-state index contributed by atoms with van der Waals surface area (Å²) in [5.74, 6) is 0.609. The number of rotatable bonds is 5. The first-order valence-electron chi connectivity index (χ1n) is 14.2. The largest absolute Gasteiger partial charge is 0.462 e. The van der Waals surface area contributed by atoms with Gasteiger partial charge in [0.2, 0.25) is 0 Å². The Morgan fingerprint density at radius 2 is 1.95 bits per heavy atom. The molecule has 0 radical (unpaired) electrons. The summed E-state index contributed by atoms with van der Waals surface area (Å²) in [6.45, 7) is 5.73. The summed E-state index contributed by atoms with van der Waals surface area (Å²) in [5, 5.41) is 1.12. The second kappa shape index (κ2) is 10.3. The Labute approximate surface area is 233 Å². The first-order chi connectivity index (χ1) is 19.5. The maximum absolute atomic E-state index is 14.8. The van der Waals surface area contributed by atoms with Crippen LogP contribution in [-0.2, 0) is 25.9 Å². The number of aromatic nitrogens is 4. The van der Waals surface area contributed by atoms with Crippen molar-refractivity contribution >= 4 is 22.4 Å². The van der Waals surface area contributed by atoms with E-state index < -0.39 is 0 Å². The maximum atomic E-state index is 14.8. The number of likely N-dealkylation sites (tertiary alicyclic amines) is 1. The fourth-order valence-electron chi connectivity index (χ4n) is 6.49. The molecule has 3 aromatic heterocycles. The molecule has 7 rings (SSSR count). The zero-order valence-electron chi connectivity index (χ0n) is 23.1. The van der Waals surface area contributed by atoms with Crippen molar-refractivity contribution in [2.75, 3.05) is 36.5 Å². The summed E-state index contributed by atoms with van der Waals surface area (Å²) < 4.78 is 21.1. The van der Waals surface area contributed by atoms with Crippen molar-refractivity contribution in [2.24, 2.45) is 0 Å². The number of ether oxygens (including phenoxy) is 1. The van der Waals surface area contributed by atoms with E-state index in [2.05, 4.69) is 62.9 Å². The van der Waals surface area contributed by atoms with Crippen molar-refractivity contribution in [3.63, 3.8) is 0 Å². The number of para-hydroxylation sites is 1. The first kappa shape index (κ1) is 25.1. The topological polar surface area (TPSA) is 70.5 Å². The van der Waals surface area contributed by atoms with Gasteiger partial charge in [0.05, 0.1) is 29.6 Å². The Balaban J connectivity index is 1.26. The van der Waals surface area contributed by atoms with Gasteiger partial charge in [-0.1, -0.05) is 18.2 Å². The van der Waals surface area contributed by atoms with Crippen molar-refractivity contribution in [1.82, 2.24) is 24.8 Å². The molecule has 8 nitrogen and oxygen atoms in total. The molecule has 0 bridgehead atoms. The Morgan fingerprint density at radius 1 is 1.05 bits per heavy atom. The van der Waals surface area contributed by atoms with E-state index in [-0.39, 0.29) is 11.9 Å². The Morgan fingerprint density at radius 3 is 2.83 bits per heavy atom. The number of likely N-dealkylation sites (N-methyl/N-ethyl adjacent to an activating group) is 1. The number of pyridine rings is 2. The van der Waals surface area contributed by atoms with Crippen LogP contribution in [0.4, 0.5) is 15.9 Å². The Kier molecular flexibility index (Phi) is 6.46. The fourth-order valence-corrected chi connectivity index (χ4v) is 6.49. The lowest BCUT2D eigenvalue weighted by molar-refractivity contribution is 0.187. The molecule has 1 saturated heterocycles. The second-order valence-electron chi connectivity index (χ2n) is 11.3. The monoisotopic (exact) mass is 539 g/mol. The van der Waals surface area contributed by atoms with Gasteiger partial charge in [-0.25, -0.2) is 4.39 Å². The molecule has 1 fully saturated rings. The van der Waals surface area contributed by atoms with Crippen molar-refractivity contribution in [3.8, 4) is 6.01 Å². The summed E-state index contributed by atoms with van der Waals surface area (Å²) in [6.07, 6.45) is 8.75. The second-order valence-corrected chi connectivity index (χ2v) is 11.3. The van der Waals surface area contributed by atoms with Gasteiger partial charge in [0, 0.05) is 54.1 Å². The Hall–Kier alpha value is -3.85. The molecular formula is C31H34FN7O. The SMILES string of the molecule is C[C@@H]1Cc2cncc(F)c2CN1c1nc(OC[C@@H]2CCCN2C)nc2c1CCN(c1cccc3cccnc13)C2. The van der Waals surface area contributed by atoms with Crippen LogP contribution < -0.4 is 14.5 Å². The van der Waals surface area contributed by atoms with E-state index >= 15 is 0 Å². The minimum Gasteiger partial charge on any atom is -0.462 e. The molecule has 3 aliphatic heterocycles. The Bertz CT molecular complexity index is 1560. The number of anilines is 2. The molecule has 0 spiro atoms. The average Bonchev–Trinajstić information content (AvgIpc) is 3.39. The minimum absolute atomic E-state index is 0.143. The van der Waals surface area contributed by atoms with Crippen LogP contribution in [0.1, 0.15) is 42.1 Å². The standard InChI is InChI=1S/C31H34FN7O/c1-20-14-22-15-33-16-26(32)25(22)17-39(20)30-24-10-13-38(28-9-3-6-21-7-4-11-34-29(21)28)18-27(24)35-31(36-30)40-19-23-8-5-12-37(23)2/h3-4,6-7,9,11,15-16,20,23H,5,8,10,12-14,17-19H2,1-2H3/t20-,23+/m1/s1. The van der Waals surface area contributed by atoms with E-state index in [9.17, 15) is 4.39 Å². The van der Waals surface area contributed by atoms with Gasteiger partial charge in [-0.2, -0.15) is 9.97 Å². The quantitative estimate of drug-likeness (QED) is 0.366. The van der Waals surface area contributed by atoms with Crippen LogP contribution in [0.5, 0.6) is 6.01 Å². The van der Waals surface area contributed by atoms with Crippen LogP contribution in [0.15, 0.2) is 48.9 Å². The van der Waals surface area contributed by atoms with Crippen LogP contribution >= 0.6 is 0 Å². The summed E-state index contributed by atoms with van der Waals surface area (Å²) in [7, 11) is 2.15. The molecule has 6 heterocycles. The van der Waals surface area contributed by atoms with Gasteiger partial charge in [0.15, 0.2) is 0 Å². The third kappa shape index (κ3) is 4.52. The molecule has 0 aliphatic carbocycles. The lowest BCUT2D eigenvalue weighted by Gasteiger charge is -2.39. The molecule has 0 amide bonds. The number of fused-ring (bicyclic) bond motifs is 3. The lowest BCUT2D eigenvalue weighted by atomic mass is 9.95. The van der Waals surface area contributed by atoms with E-state index in [1.54, 1.807) is 6.20 Å². The van der Waals surface area contributed by atoms with Crippen LogP contribution in [0, 0.1) is 5.82 Å². The number of hydrogen-bond acceptors (Lipinski definition) is 8. The number of halogens is 1. The predicted octanol–water partition coefficient (Wildman–Crippen LogP) is 4.55. The van der Waals surface area contributed by atoms with Crippen LogP contribution in [0.2, 0.25) is 0 Å². The summed E-state index contributed by atoms with van der Waals surface area (Å²) in [6, 6.07) is 11.3. The van der Waals surface area contributed by atoms with E-state index in [1.807, 2.05) is 12.3 Å². The van der Waals surface area contributed by atoms with Gasteiger partial charge >= 0.3 is 6.01 Å². The van der Waals surface area contributed by atoms with Crippen molar-refractivity contribution in [1.29, 1.82) is 0 Å². The zero-order valence-corrected chi connectivity index (χ0v) is 23.1. The highest BCUT2D eigenvalue weighted by atomic mass is 19.1. The van der Waals surface area contributed by atoms with E-state index in [4.69, 9.17) is 14.7 Å². The minimum atomic E-state index is -0.257. The molecule has 0 N–H and O–H groups in total. The lowest BCUT2D eigenvalue weighted by Crippen LogP contribution is -2.41. The van der Waals surface area contributed by atoms with Gasteiger partial charge in [0.25, 0.3) is 0 Å². The van der Waals surface area contributed by atoms with Gasteiger partial charge in [-0.3, -0.25) is 9.97 Å². The normalized spacial score (nSPS) is 21.0. The van der Waals surface area contributed by atoms with E-state index in [0.717, 1.165) is 71.6 Å². The summed E-state index contributed by atoms with van der Waals surface area (Å²) in [5.41, 5.74) is 5.87. The number of nitrogens with zero attached hydrogens (tertiary/aromatic N) is 7. The molecule has 3 aliphatic rings. The molecule has 2 atom stereocenters. The third-order valence-corrected chi connectivity index (χ3v) is 8.79. The first-order valence-corrected chi connectivity index (χ1v) is 14.2. The molecule has 0 saturated carbocycles. The highest BCUT2D eigenvalue weighted by Crippen LogP contribution is 2.36. The third-order valence-electron chi connectivity index (χ3n) is 8.79. The van der Waals surface area contributed by atoms with Crippen molar-refractivity contribution in [2.45, 2.75) is 57.8 Å². The van der Waals surface area contributed by atoms with Gasteiger partial charge < -0.3 is 19.4 Å². The van der Waals surface area contributed by atoms with Crippen LogP contribution in [0.3, 0.4) is 0 Å². The smallest absolute Gasteiger partial charge is 0.318 e. The summed E-state index contributed by atoms with van der Waals surface area (Å²) >= 11 is 0. The molecule has 1 aromatic carbocycles. The number of benzene rings is 1. The molecular weight excluding hydrogens is 505 g/mol. The predicted molar refractivity (Wildman–Crippen MR) is 153 cm³/mol. The molecule has 9 heteroatoms.